The third-order valence-electron chi connectivity index (χ3n) is 3.64. The van der Waals surface area contributed by atoms with Gasteiger partial charge in [0.2, 0.25) is 0 Å². The zero-order chi connectivity index (χ0) is 13.4. The fourth-order valence-electron chi connectivity index (χ4n) is 2.37. The topological polar surface area (TPSA) is 51.0 Å². The fourth-order valence-corrected chi connectivity index (χ4v) is 2.53. The average molecular weight is 279 g/mol. The zero-order valence-electron chi connectivity index (χ0n) is 10.7. The Morgan fingerprint density at radius 2 is 2.11 bits per heavy atom. The largest absolute Gasteiger partial charge is 0.346 e. The van der Waals surface area contributed by atoms with Gasteiger partial charge in [0.25, 0.3) is 0 Å². The van der Waals surface area contributed by atoms with Crippen LogP contribution in [0.15, 0.2) is 18.2 Å². The fraction of sp³-hybridized carbons (Fsp3) is 0.462. The van der Waals surface area contributed by atoms with E-state index in [4.69, 9.17) is 11.6 Å². The van der Waals surface area contributed by atoms with Crippen LogP contribution < -0.4 is 0 Å². The van der Waals surface area contributed by atoms with Crippen molar-refractivity contribution in [3.8, 4) is 0 Å². The minimum absolute atomic E-state index is 0.114. The lowest BCUT2D eigenvalue weighted by Gasteiger charge is -2.29. The van der Waals surface area contributed by atoms with Crippen LogP contribution in [-0.2, 0) is 0 Å². The van der Waals surface area contributed by atoms with E-state index in [9.17, 15) is 4.79 Å². The lowest BCUT2D eigenvalue weighted by Crippen LogP contribution is -2.40. The summed E-state index contributed by atoms with van der Waals surface area (Å²) in [4.78, 5) is 14.3. The predicted octanol–water partition coefficient (Wildman–Crippen LogP) is 2.78. The number of nitrogens with zero attached hydrogens (tertiary/aromatic N) is 4. The van der Waals surface area contributed by atoms with Gasteiger partial charge >= 0.3 is 6.03 Å². The number of hydrogen-bond acceptors (Lipinski definition) is 3. The zero-order valence-corrected chi connectivity index (χ0v) is 11.5. The molecule has 1 saturated heterocycles. The smallest absolute Gasteiger partial charge is 0.323 e. The summed E-state index contributed by atoms with van der Waals surface area (Å²) < 4.78 is 1.34. The number of piperidine rings is 1. The lowest BCUT2D eigenvalue weighted by atomic mass is 10.00. The van der Waals surface area contributed by atoms with Crippen molar-refractivity contribution < 1.29 is 4.79 Å². The second kappa shape index (κ2) is 4.81. The van der Waals surface area contributed by atoms with E-state index in [0.29, 0.717) is 22.0 Å². The molecule has 1 aliphatic heterocycles. The first kappa shape index (κ1) is 12.4. The Bertz CT molecular complexity index is 616. The highest BCUT2D eigenvalue weighted by molar-refractivity contribution is 6.31. The SMILES string of the molecule is CC1CCN(C(=O)n2nnc3ccc(Cl)cc32)CC1. The Labute approximate surface area is 116 Å². The minimum Gasteiger partial charge on any atom is -0.323 e. The maximum atomic E-state index is 12.4. The Morgan fingerprint density at radius 1 is 1.37 bits per heavy atom. The van der Waals surface area contributed by atoms with Crippen LogP contribution in [0.5, 0.6) is 0 Å². The molecule has 6 heteroatoms. The molecule has 3 rings (SSSR count). The normalized spacial score (nSPS) is 17.1. The van der Waals surface area contributed by atoms with E-state index in [-0.39, 0.29) is 6.03 Å². The number of rotatable bonds is 0. The molecule has 0 aliphatic carbocycles. The van der Waals surface area contributed by atoms with Crippen LogP contribution in [0.25, 0.3) is 11.0 Å². The molecule has 2 heterocycles. The highest BCUT2D eigenvalue weighted by Gasteiger charge is 2.23. The Kier molecular flexibility index (Phi) is 3.14. The standard InChI is InChI=1S/C13H15ClN4O/c1-9-4-6-17(7-5-9)13(19)18-12-8-10(14)2-3-11(12)15-16-18/h2-3,8-9H,4-7H2,1H3. The summed E-state index contributed by atoms with van der Waals surface area (Å²) >= 11 is 5.96. The number of amides is 1. The highest BCUT2D eigenvalue weighted by Crippen LogP contribution is 2.20. The van der Waals surface area contributed by atoms with E-state index in [1.54, 1.807) is 18.2 Å². The maximum absolute atomic E-state index is 12.4. The van der Waals surface area contributed by atoms with E-state index >= 15 is 0 Å². The van der Waals surface area contributed by atoms with Crippen molar-refractivity contribution in [3.05, 3.63) is 23.2 Å². The molecule has 0 radical (unpaired) electrons. The Balaban J connectivity index is 1.91. The number of carbonyl (C=O) groups excluding carboxylic acids is 1. The van der Waals surface area contributed by atoms with Crippen molar-refractivity contribution in [1.82, 2.24) is 19.9 Å². The molecule has 1 amide bonds. The van der Waals surface area contributed by atoms with Gasteiger partial charge in [0, 0.05) is 18.1 Å². The van der Waals surface area contributed by atoms with Gasteiger partial charge in [0.15, 0.2) is 0 Å². The summed E-state index contributed by atoms with van der Waals surface area (Å²) in [6, 6.07) is 5.13. The van der Waals surface area contributed by atoms with E-state index < -0.39 is 0 Å². The highest BCUT2D eigenvalue weighted by atomic mass is 35.5. The molecule has 5 nitrogen and oxygen atoms in total. The van der Waals surface area contributed by atoms with Crippen LogP contribution in [0.4, 0.5) is 4.79 Å². The molecule has 1 aromatic carbocycles. The van der Waals surface area contributed by atoms with Gasteiger partial charge < -0.3 is 4.90 Å². The molecule has 0 unspecified atom stereocenters. The quantitative estimate of drug-likeness (QED) is 0.744. The molecule has 100 valence electrons. The Morgan fingerprint density at radius 3 is 2.84 bits per heavy atom. The van der Waals surface area contributed by atoms with Crippen LogP contribution in [0.2, 0.25) is 5.02 Å². The van der Waals surface area contributed by atoms with Gasteiger partial charge in [-0.15, -0.1) is 5.10 Å². The molecule has 0 spiro atoms. The summed E-state index contributed by atoms with van der Waals surface area (Å²) in [5, 5.41) is 8.52. The predicted molar refractivity (Wildman–Crippen MR) is 73.3 cm³/mol. The van der Waals surface area contributed by atoms with Gasteiger partial charge in [0.1, 0.15) is 11.0 Å². The molecule has 1 fully saturated rings. The Hall–Kier alpha value is -1.62. The first-order valence-corrected chi connectivity index (χ1v) is 6.83. The number of likely N-dealkylation sites (tertiary alicyclic amines) is 1. The first-order chi connectivity index (χ1) is 9.15. The van der Waals surface area contributed by atoms with Gasteiger partial charge in [-0.1, -0.05) is 23.7 Å². The number of benzene rings is 1. The number of halogens is 1. The van der Waals surface area contributed by atoms with Crippen molar-refractivity contribution in [2.75, 3.05) is 13.1 Å². The van der Waals surface area contributed by atoms with E-state index in [1.807, 2.05) is 4.90 Å². The molecule has 1 aliphatic rings. The maximum Gasteiger partial charge on any atom is 0.346 e. The number of hydrogen-bond donors (Lipinski definition) is 0. The number of aromatic nitrogens is 3. The van der Waals surface area contributed by atoms with Crippen molar-refractivity contribution >= 4 is 28.7 Å². The third-order valence-corrected chi connectivity index (χ3v) is 3.88. The second-order valence-corrected chi connectivity index (χ2v) is 5.52. The van der Waals surface area contributed by atoms with Gasteiger partial charge in [-0.05, 0) is 37.0 Å². The van der Waals surface area contributed by atoms with Crippen LogP contribution in [0.3, 0.4) is 0 Å². The van der Waals surface area contributed by atoms with E-state index in [1.165, 1.54) is 4.68 Å². The van der Waals surface area contributed by atoms with E-state index in [0.717, 1.165) is 25.9 Å². The minimum atomic E-state index is -0.114. The van der Waals surface area contributed by atoms with Crippen LogP contribution in [0, 0.1) is 5.92 Å². The van der Waals surface area contributed by atoms with Crippen molar-refractivity contribution in [3.63, 3.8) is 0 Å². The van der Waals surface area contributed by atoms with Crippen molar-refractivity contribution in [2.45, 2.75) is 19.8 Å². The van der Waals surface area contributed by atoms with Crippen LogP contribution in [0.1, 0.15) is 19.8 Å². The molecular formula is C13H15ClN4O. The van der Waals surface area contributed by atoms with E-state index in [2.05, 4.69) is 17.2 Å². The van der Waals surface area contributed by atoms with Crippen LogP contribution in [-0.4, -0.2) is 39.0 Å². The number of fused-ring (bicyclic) bond motifs is 1. The van der Waals surface area contributed by atoms with Gasteiger partial charge in [-0.2, -0.15) is 4.68 Å². The molecule has 1 aromatic heterocycles. The molecule has 2 aromatic rings. The van der Waals surface area contributed by atoms with Gasteiger partial charge in [0.05, 0.1) is 0 Å². The summed E-state index contributed by atoms with van der Waals surface area (Å²) in [7, 11) is 0. The molecule has 19 heavy (non-hydrogen) atoms. The monoisotopic (exact) mass is 278 g/mol. The second-order valence-electron chi connectivity index (χ2n) is 5.09. The molecule has 0 bridgehead atoms. The van der Waals surface area contributed by atoms with Crippen LogP contribution >= 0.6 is 11.6 Å². The lowest BCUT2D eigenvalue weighted by molar-refractivity contribution is 0.173. The third kappa shape index (κ3) is 2.30. The van der Waals surface area contributed by atoms with Crippen molar-refractivity contribution in [2.24, 2.45) is 5.92 Å². The average Bonchev–Trinajstić information content (AvgIpc) is 2.81. The number of carbonyl (C=O) groups is 1. The summed E-state index contributed by atoms with van der Waals surface area (Å²) in [5.41, 5.74) is 1.35. The molecule has 0 atom stereocenters. The molecule has 0 N–H and O–H groups in total. The van der Waals surface area contributed by atoms with Crippen molar-refractivity contribution in [1.29, 1.82) is 0 Å². The summed E-state index contributed by atoms with van der Waals surface area (Å²) in [6.45, 7) is 3.77. The molecular weight excluding hydrogens is 264 g/mol. The first-order valence-electron chi connectivity index (χ1n) is 6.45. The summed E-state index contributed by atoms with van der Waals surface area (Å²) in [5.74, 6) is 0.686. The van der Waals surface area contributed by atoms with Gasteiger partial charge in [-0.3, -0.25) is 0 Å². The molecule has 0 saturated carbocycles. The summed E-state index contributed by atoms with van der Waals surface area (Å²) in [6.07, 6.45) is 2.08. The van der Waals surface area contributed by atoms with Gasteiger partial charge in [-0.25, -0.2) is 4.79 Å².